The SMILES string of the molecule is Cc1cc(Nc2ncc(F)c(N[C@@H]3[C@@H]4CC[C@@H](C4)[C@@H]3C(=O)NC3CC3)n2)ccc1N1CCN(C)CC1. The van der Waals surface area contributed by atoms with Gasteiger partial charge < -0.3 is 25.8 Å². The Morgan fingerprint density at radius 2 is 1.86 bits per heavy atom. The summed E-state index contributed by atoms with van der Waals surface area (Å²) in [6, 6.07) is 6.47. The monoisotopic (exact) mass is 493 g/mol. The molecule has 0 spiro atoms. The predicted molar refractivity (Wildman–Crippen MR) is 139 cm³/mol. The lowest BCUT2D eigenvalue weighted by Crippen LogP contribution is -2.45. The standard InChI is InChI=1S/C27H36FN7O/c1-16-13-20(7-8-22(16)35-11-9-34(2)10-12-35)31-27-29-15-21(28)25(33-27)32-24-18-4-3-17(14-18)23(24)26(36)30-19-5-6-19/h7-8,13,15,17-19,23-24H,3-6,9-12,14H2,1-2H3,(H,30,36)(H2,29,31,32,33)/t17-,18+,23-,24+/m0/s1. The highest BCUT2D eigenvalue weighted by molar-refractivity contribution is 5.81. The number of aryl methyl sites for hydroxylation is 1. The number of piperazine rings is 1. The molecule has 1 saturated heterocycles. The maximum Gasteiger partial charge on any atom is 0.229 e. The molecule has 1 aliphatic heterocycles. The Bertz CT molecular complexity index is 1130. The zero-order valence-electron chi connectivity index (χ0n) is 21.1. The van der Waals surface area contributed by atoms with E-state index in [0.717, 1.165) is 64.0 Å². The summed E-state index contributed by atoms with van der Waals surface area (Å²) in [4.78, 5) is 26.4. The van der Waals surface area contributed by atoms with Gasteiger partial charge in [0.1, 0.15) is 0 Å². The molecule has 1 amide bonds. The van der Waals surface area contributed by atoms with Gasteiger partial charge in [0.15, 0.2) is 11.6 Å². The molecule has 4 fully saturated rings. The van der Waals surface area contributed by atoms with E-state index < -0.39 is 5.82 Å². The number of nitrogens with one attached hydrogen (secondary N) is 3. The molecule has 36 heavy (non-hydrogen) atoms. The van der Waals surface area contributed by atoms with Crippen LogP contribution in [0.5, 0.6) is 0 Å². The number of benzene rings is 1. The molecular weight excluding hydrogens is 457 g/mol. The fourth-order valence-corrected chi connectivity index (χ4v) is 6.35. The Hall–Kier alpha value is -2.94. The van der Waals surface area contributed by atoms with Crippen LogP contribution in [0.3, 0.4) is 0 Å². The van der Waals surface area contributed by atoms with E-state index in [0.29, 0.717) is 23.8 Å². The maximum absolute atomic E-state index is 14.8. The van der Waals surface area contributed by atoms with Crippen LogP contribution in [0.4, 0.5) is 27.5 Å². The van der Waals surface area contributed by atoms with Crippen LogP contribution < -0.4 is 20.9 Å². The highest BCUT2D eigenvalue weighted by atomic mass is 19.1. The maximum atomic E-state index is 14.8. The van der Waals surface area contributed by atoms with Crippen molar-refractivity contribution in [1.82, 2.24) is 20.2 Å². The van der Waals surface area contributed by atoms with Gasteiger partial charge in [-0.05, 0) is 81.7 Å². The molecule has 0 unspecified atom stereocenters. The number of hydrogen-bond acceptors (Lipinski definition) is 7. The molecule has 1 aromatic heterocycles. The number of rotatable bonds is 7. The van der Waals surface area contributed by atoms with Crippen molar-refractivity contribution in [3.05, 3.63) is 35.8 Å². The minimum absolute atomic E-state index is 0.0927. The van der Waals surface area contributed by atoms with Gasteiger partial charge in [-0.2, -0.15) is 4.98 Å². The summed E-state index contributed by atoms with van der Waals surface area (Å²) in [5, 5.41) is 9.73. The van der Waals surface area contributed by atoms with Gasteiger partial charge in [-0.3, -0.25) is 4.79 Å². The molecule has 9 heteroatoms. The molecule has 3 saturated carbocycles. The molecule has 4 atom stereocenters. The van der Waals surface area contributed by atoms with Crippen molar-refractivity contribution < 1.29 is 9.18 Å². The second kappa shape index (κ2) is 9.50. The number of carbonyl (C=O) groups is 1. The van der Waals surface area contributed by atoms with Crippen molar-refractivity contribution in [2.45, 2.75) is 51.1 Å². The van der Waals surface area contributed by atoms with E-state index in [9.17, 15) is 9.18 Å². The Balaban J connectivity index is 1.16. The lowest BCUT2D eigenvalue weighted by atomic mass is 9.83. The van der Waals surface area contributed by atoms with Crippen LogP contribution in [0, 0.1) is 30.5 Å². The van der Waals surface area contributed by atoms with E-state index in [1.54, 1.807) is 0 Å². The summed E-state index contributed by atoms with van der Waals surface area (Å²) >= 11 is 0. The van der Waals surface area contributed by atoms with Crippen LogP contribution in [0.15, 0.2) is 24.4 Å². The summed E-state index contributed by atoms with van der Waals surface area (Å²) in [6.07, 6.45) is 6.51. The second-order valence-corrected chi connectivity index (χ2v) is 11.1. The van der Waals surface area contributed by atoms with Gasteiger partial charge in [-0.15, -0.1) is 0 Å². The zero-order chi connectivity index (χ0) is 24.8. The normalized spacial score (nSPS) is 27.8. The first-order valence-corrected chi connectivity index (χ1v) is 13.4. The van der Waals surface area contributed by atoms with Gasteiger partial charge in [-0.1, -0.05) is 0 Å². The summed E-state index contributed by atoms with van der Waals surface area (Å²) in [6.45, 7) is 6.26. The number of likely N-dealkylation sites (N-methyl/N-ethyl adjacent to an activating group) is 1. The number of aromatic nitrogens is 2. The first-order valence-electron chi connectivity index (χ1n) is 13.4. The largest absolute Gasteiger partial charge is 0.369 e. The van der Waals surface area contributed by atoms with Crippen LogP contribution in [-0.4, -0.2) is 66.1 Å². The van der Waals surface area contributed by atoms with Crippen molar-refractivity contribution in [3.63, 3.8) is 0 Å². The van der Waals surface area contributed by atoms with Crippen LogP contribution >= 0.6 is 0 Å². The van der Waals surface area contributed by atoms with E-state index in [-0.39, 0.29) is 23.7 Å². The quantitative estimate of drug-likeness (QED) is 0.544. The fraction of sp³-hybridized carbons (Fsp3) is 0.593. The van der Waals surface area contributed by atoms with Crippen LogP contribution in [0.2, 0.25) is 0 Å². The number of amides is 1. The third-order valence-electron chi connectivity index (χ3n) is 8.49. The molecule has 2 heterocycles. The highest BCUT2D eigenvalue weighted by Crippen LogP contribution is 2.50. The summed E-state index contributed by atoms with van der Waals surface area (Å²) in [5.74, 6) is 0.751. The van der Waals surface area contributed by atoms with Gasteiger partial charge in [-0.25, -0.2) is 9.37 Å². The zero-order valence-corrected chi connectivity index (χ0v) is 21.1. The van der Waals surface area contributed by atoms with E-state index in [1.807, 2.05) is 6.07 Å². The van der Waals surface area contributed by atoms with Crippen LogP contribution in [0.25, 0.3) is 0 Å². The minimum atomic E-state index is -0.494. The van der Waals surface area contributed by atoms with Gasteiger partial charge in [0, 0.05) is 49.6 Å². The Kier molecular flexibility index (Phi) is 6.19. The molecule has 6 rings (SSSR count). The number of hydrogen-bond donors (Lipinski definition) is 3. The second-order valence-electron chi connectivity index (χ2n) is 11.1. The molecule has 1 aromatic carbocycles. The van der Waals surface area contributed by atoms with Crippen LogP contribution in [-0.2, 0) is 4.79 Å². The third-order valence-corrected chi connectivity index (χ3v) is 8.49. The fourth-order valence-electron chi connectivity index (χ4n) is 6.35. The minimum Gasteiger partial charge on any atom is -0.369 e. The third kappa shape index (κ3) is 4.73. The molecule has 192 valence electrons. The topological polar surface area (TPSA) is 85.4 Å². The smallest absolute Gasteiger partial charge is 0.229 e. The number of nitrogens with zero attached hydrogens (tertiary/aromatic N) is 4. The molecule has 2 aromatic rings. The number of carbonyl (C=O) groups excluding carboxylic acids is 1. The lowest BCUT2D eigenvalue weighted by Gasteiger charge is -2.35. The van der Waals surface area contributed by atoms with Crippen molar-refractivity contribution in [2.24, 2.45) is 17.8 Å². The van der Waals surface area contributed by atoms with E-state index in [1.165, 1.54) is 17.4 Å². The predicted octanol–water partition coefficient (Wildman–Crippen LogP) is 3.52. The van der Waals surface area contributed by atoms with Crippen molar-refractivity contribution in [1.29, 1.82) is 0 Å². The molecule has 0 radical (unpaired) electrons. The molecule has 3 aliphatic carbocycles. The number of halogens is 1. The Morgan fingerprint density at radius 1 is 1.08 bits per heavy atom. The lowest BCUT2D eigenvalue weighted by molar-refractivity contribution is -0.127. The van der Waals surface area contributed by atoms with Crippen molar-refractivity contribution in [3.8, 4) is 0 Å². The molecule has 2 bridgehead atoms. The molecule has 4 aliphatic rings. The van der Waals surface area contributed by atoms with Gasteiger partial charge >= 0.3 is 0 Å². The summed E-state index contributed by atoms with van der Waals surface area (Å²) in [7, 11) is 2.16. The first-order chi connectivity index (χ1) is 17.4. The molecular formula is C27H36FN7O. The van der Waals surface area contributed by atoms with E-state index in [4.69, 9.17) is 0 Å². The average Bonchev–Trinajstić information content (AvgIpc) is 3.44. The average molecular weight is 494 g/mol. The highest BCUT2D eigenvalue weighted by Gasteiger charge is 2.51. The summed E-state index contributed by atoms with van der Waals surface area (Å²) < 4.78 is 14.8. The number of anilines is 4. The van der Waals surface area contributed by atoms with Gasteiger partial charge in [0.25, 0.3) is 0 Å². The van der Waals surface area contributed by atoms with Crippen molar-refractivity contribution in [2.75, 3.05) is 48.8 Å². The number of fused-ring (bicyclic) bond motifs is 2. The van der Waals surface area contributed by atoms with Gasteiger partial charge in [0.05, 0.1) is 12.1 Å². The summed E-state index contributed by atoms with van der Waals surface area (Å²) in [5.41, 5.74) is 3.28. The first kappa shape index (κ1) is 23.5. The van der Waals surface area contributed by atoms with E-state index >= 15 is 0 Å². The molecule has 3 N–H and O–H groups in total. The van der Waals surface area contributed by atoms with Gasteiger partial charge in [0.2, 0.25) is 11.9 Å². The van der Waals surface area contributed by atoms with Crippen molar-refractivity contribution >= 4 is 29.0 Å². The van der Waals surface area contributed by atoms with E-state index in [2.05, 4.69) is 61.8 Å². The Labute approximate surface area is 212 Å². The Morgan fingerprint density at radius 3 is 2.61 bits per heavy atom. The molecule has 8 nitrogen and oxygen atoms in total. The van der Waals surface area contributed by atoms with Crippen LogP contribution in [0.1, 0.15) is 37.7 Å².